The molecule has 0 spiro atoms. The number of amides is 1. The number of nitrogens with one attached hydrogen (secondary N) is 1. The molecule has 1 atom stereocenters. The van der Waals surface area contributed by atoms with Gasteiger partial charge in [-0.25, -0.2) is 0 Å². The second-order valence-electron chi connectivity index (χ2n) is 8.39. The Hall–Kier alpha value is -3.15. The van der Waals surface area contributed by atoms with Crippen molar-refractivity contribution in [3.8, 4) is 17.1 Å². The molecule has 1 aromatic heterocycles. The minimum Gasteiger partial charge on any atom is -0.481 e. The van der Waals surface area contributed by atoms with Crippen LogP contribution in [-0.2, 0) is 16.8 Å². The third-order valence-corrected chi connectivity index (χ3v) is 4.82. The Bertz CT molecular complexity index is 987. The van der Waals surface area contributed by atoms with Crippen molar-refractivity contribution in [1.29, 1.82) is 0 Å². The number of aromatic nitrogens is 2. The van der Waals surface area contributed by atoms with Crippen LogP contribution in [0.4, 0.5) is 0 Å². The highest BCUT2D eigenvalue weighted by atomic mass is 16.5. The van der Waals surface area contributed by atoms with Gasteiger partial charge in [0.05, 0.1) is 6.54 Å². The van der Waals surface area contributed by atoms with Crippen LogP contribution in [0.25, 0.3) is 11.4 Å². The predicted molar refractivity (Wildman–Crippen MR) is 116 cm³/mol. The lowest BCUT2D eigenvalue weighted by Crippen LogP contribution is -2.37. The van der Waals surface area contributed by atoms with Crippen molar-refractivity contribution in [1.82, 2.24) is 15.5 Å². The summed E-state index contributed by atoms with van der Waals surface area (Å²) in [5.41, 5.74) is 3.28. The van der Waals surface area contributed by atoms with Crippen LogP contribution in [0.3, 0.4) is 0 Å². The minimum absolute atomic E-state index is 0.0709. The molecule has 1 N–H and O–H groups in total. The van der Waals surface area contributed by atoms with Gasteiger partial charge in [0.1, 0.15) is 5.75 Å². The summed E-state index contributed by atoms with van der Waals surface area (Å²) in [6, 6.07) is 15.7. The Morgan fingerprint density at radius 2 is 1.90 bits per heavy atom. The normalized spacial score (nSPS) is 12.4. The Morgan fingerprint density at radius 1 is 1.17 bits per heavy atom. The first-order valence-electron chi connectivity index (χ1n) is 10.2. The smallest absolute Gasteiger partial charge is 0.261 e. The molecule has 0 radical (unpaired) electrons. The lowest BCUT2D eigenvalue weighted by Gasteiger charge is -2.20. The van der Waals surface area contributed by atoms with Crippen molar-refractivity contribution >= 4 is 5.91 Å². The van der Waals surface area contributed by atoms with Gasteiger partial charge in [0.25, 0.3) is 5.91 Å². The molecule has 6 heteroatoms. The highest BCUT2D eigenvalue weighted by molar-refractivity contribution is 5.81. The van der Waals surface area contributed by atoms with Crippen molar-refractivity contribution in [2.75, 3.05) is 0 Å². The zero-order valence-corrected chi connectivity index (χ0v) is 18.2. The van der Waals surface area contributed by atoms with E-state index in [2.05, 4.69) is 36.2 Å². The fourth-order valence-electron chi connectivity index (χ4n) is 3.02. The summed E-state index contributed by atoms with van der Waals surface area (Å²) in [6.45, 7) is 10.6. The summed E-state index contributed by atoms with van der Waals surface area (Å²) >= 11 is 0. The lowest BCUT2D eigenvalue weighted by atomic mass is 9.87. The van der Waals surface area contributed by atoms with Gasteiger partial charge in [0, 0.05) is 5.56 Å². The van der Waals surface area contributed by atoms with E-state index in [4.69, 9.17) is 9.26 Å². The molecule has 0 saturated heterocycles. The highest BCUT2D eigenvalue weighted by Gasteiger charge is 2.20. The lowest BCUT2D eigenvalue weighted by molar-refractivity contribution is -0.128. The van der Waals surface area contributed by atoms with E-state index < -0.39 is 6.10 Å². The molecule has 0 aliphatic rings. The third-order valence-electron chi connectivity index (χ3n) is 4.82. The van der Waals surface area contributed by atoms with E-state index in [0.717, 1.165) is 11.1 Å². The summed E-state index contributed by atoms with van der Waals surface area (Å²) in [5, 5.41) is 6.82. The summed E-state index contributed by atoms with van der Waals surface area (Å²) < 4.78 is 11.2. The molecule has 1 amide bonds. The molecule has 0 aliphatic heterocycles. The standard InChI is InChI=1S/C24H29N3O3/c1-6-20(29-19-12-10-18(11-13-19)24(3,4)5)23(28)25-15-21-26-22(27-30-21)17-9-7-8-16(2)14-17/h7-14,20H,6,15H2,1-5H3,(H,25,28)/t20-/m1/s1. The van der Waals surface area contributed by atoms with Crippen LogP contribution in [0.1, 0.15) is 51.1 Å². The molecular weight excluding hydrogens is 378 g/mol. The van der Waals surface area contributed by atoms with E-state index in [1.165, 1.54) is 5.56 Å². The molecule has 0 bridgehead atoms. The van der Waals surface area contributed by atoms with Crippen LogP contribution in [0.5, 0.6) is 5.75 Å². The number of carbonyl (C=O) groups is 1. The molecule has 0 aliphatic carbocycles. The maximum absolute atomic E-state index is 12.6. The van der Waals surface area contributed by atoms with Crippen molar-refractivity contribution in [2.45, 2.75) is 59.1 Å². The van der Waals surface area contributed by atoms with E-state index in [1.54, 1.807) is 0 Å². The van der Waals surface area contributed by atoms with Crippen LogP contribution in [0.2, 0.25) is 0 Å². The van der Waals surface area contributed by atoms with Crippen molar-refractivity contribution in [2.24, 2.45) is 0 Å². The zero-order valence-electron chi connectivity index (χ0n) is 18.2. The summed E-state index contributed by atoms with van der Waals surface area (Å²) in [5.74, 6) is 1.31. The second kappa shape index (κ2) is 9.11. The fourth-order valence-corrected chi connectivity index (χ4v) is 3.02. The van der Waals surface area contributed by atoms with Crippen molar-refractivity contribution in [3.63, 3.8) is 0 Å². The second-order valence-corrected chi connectivity index (χ2v) is 8.39. The molecule has 0 fully saturated rings. The molecule has 0 unspecified atom stereocenters. The van der Waals surface area contributed by atoms with Gasteiger partial charge >= 0.3 is 0 Å². The van der Waals surface area contributed by atoms with Gasteiger partial charge < -0.3 is 14.6 Å². The third kappa shape index (κ3) is 5.47. The SMILES string of the molecule is CC[C@@H](Oc1ccc(C(C)(C)C)cc1)C(=O)NCc1nc(-c2cccc(C)c2)no1. The summed E-state index contributed by atoms with van der Waals surface area (Å²) in [7, 11) is 0. The number of aryl methyl sites for hydroxylation is 1. The molecule has 158 valence electrons. The Labute approximate surface area is 177 Å². The molecule has 3 aromatic rings. The van der Waals surface area contributed by atoms with E-state index in [-0.39, 0.29) is 17.9 Å². The van der Waals surface area contributed by atoms with Crippen LogP contribution >= 0.6 is 0 Å². The molecule has 0 saturated carbocycles. The molecule has 30 heavy (non-hydrogen) atoms. The number of rotatable bonds is 7. The Morgan fingerprint density at radius 3 is 2.53 bits per heavy atom. The molecule has 1 heterocycles. The van der Waals surface area contributed by atoms with Gasteiger partial charge in [-0.3, -0.25) is 4.79 Å². The van der Waals surface area contributed by atoms with Gasteiger partial charge in [0.2, 0.25) is 11.7 Å². The van der Waals surface area contributed by atoms with Gasteiger partial charge in [-0.05, 0) is 42.5 Å². The van der Waals surface area contributed by atoms with Crippen molar-refractivity contribution < 1.29 is 14.1 Å². The molecular formula is C24H29N3O3. The number of hydrogen-bond donors (Lipinski definition) is 1. The Kier molecular flexibility index (Phi) is 6.55. The number of ether oxygens (including phenoxy) is 1. The highest BCUT2D eigenvalue weighted by Crippen LogP contribution is 2.25. The monoisotopic (exact) mass is 407 g/mol. The van der Waals surface area contributed by atoms with Crippen LogP contribution in [0, 0.1) is 6.92 Å². The fraction of sp³-hybridized carbons (Fsp3) is 0.375. The minimum atomic E-state index is -0.593. The van der Waals surface area contributed by atoms with E-state index in [0.29, 0.717) is 23.9 Å². The first-order chi connectivity index (χ1) is 14.3. The number of hydrogen-bond acceptors (Lipinski definition) is 5. The van der Waals surface area contributed by atoms with Gasteiger partial charge in [-0.15, -0.1) is 0 Å². The van der Waals surface area contributed by atoms with Gasteiger partial charge in [0.15, 0.2) is 6.10 Å². The van der Waals surface area contributed by atoms with E-state index in [1.807, 2.05) is 62.4 Å². The average Bonchev–Trinajstić information content (AvgIpc) is 3.19. The van der Waals surface area contributed by atoms with Crippen LogP contribution < -0.4 is 10.1 Å². The maximum atomic E-state index is 12.6. The van der Waals surface area contributed by atoms with Crippen molar-refractivity contribution in [3.05, 3.63) is 65.5 Å². The topological polar surface area (TPSA) is 77.2 Å². The molecule has 6 nitrogen and oxygen atoms in total. The summed E-state index contributed by atoms with van der Waals surface area (Å²) in [6.07, 6.45) is -0.0461. The Balaban J connectivity index is 1.58. The predicted octanol–water partition coefficient (Wildman–Crippen LogP) is 4.82. The quantitative estimate of drug-likeness (QED) is 0.608. The molecule has 3 rings (SSSR count). The average molecular weight is 408 g/mol. The van der Waals surface area contributed by atoms with Crippen LogP contribution in [-0.4, -0.2) is 22.2 Å². The number of benzene rings is 2. The van der Waals surface area contributed by atoms with E-state index in [9.17, 15) is 4.79 Å². The van der Waals surface area contributed by atoms with Crippen LogP contribution in [0.15, 0.2) is 53.1 Å². The largest absolute Gasteiger partial charge is 0.481 e. The first kappa shape index (κ1) is 21.6. The van der Waals surface area contributed by atoms with E-state index >= 15 is 0 Å². The maximum Gasteiger partial charge on any atom is 0.261 e. The van der Waals surface area contributed by atoms with Gasteiger partial charge in [-0.2, -0.15) is 4.98 Å². The summed E-state index contributed by atoms with van der Waals surface area (Å²) in [4.78, 5) is 16.9. The van der Waals surface area contributed by atoms with Gasteiger partial charge in [-0.1, -0.05) is 68.7 Å². The zero-order chi connectivity index (χ0) is 21.7. The number of carbonyl (C=O) groups excluding carboxylic acids is 1. The molecule has 2 aromatic carbocycles. The number of nitrogens with zero attached hydrogens (tertiary/aromatic N) is 2. The first-order valence-corrected chi connectivity index (χ1v) is 10.2.